The first-order chi connectivity index (χ1) is 43.5. The lowest BCUT2D eigenvalue weighted by Crippen LogP contribution is -3.00. The van der Waals surface area contributed by atoms with Gasteiger partial charge in [0.2, 0.25) is 5.69 Å². The van der Waals surface area contributed by atoms with Crippen molar-refractivity contribution in [1.82, 2.24) is 0 Å². The topological polar surface area (TPSA) is 80.9 Å². The van der Waals surface area contributed by atoms with Gasteiger partial charge in [0.1, 0.15) is 6.42 Å². The minimum atomic E-state index is -0.773. The molecule has 0 saturated heterocycles. The maximum Gasteiger partial charge on any atom is 0.309 e. The number of carboxylic acids is 2. The van der Waals surface area contributed by atoms with E-state index < -0.39 is 11.9 Å². The Balaban J connectivity index is 0.0000173. The zero-order chi connectivity index (χ0) is 63.8. The van der Waals surface area contributed by atoms with E-state index in [1.165, 1.54) is 265 Å². The number of hydrogen-bond donors (Lipinski definition) is 2. The summed E-state index contributed by atoms with van der Waals surface area (Å²) in [6.45, 7) is 14.6. The van der Waals surface area contributed by atoms with Crippen molar-refractivity contribution in [1.29, 1.82) is 0 Å². The van der Waals surface area contributed by atoms with E-state index in [4.69, 9.17) is 11.6 Å². The van der Waals surface area contributed by atoms with Crippen molar-refractivity contribution >= 4 is 40.6 Å². The van der Waals surface area contributed by atoms with Crippen LogP contribution in [0.3, 0.4) is 0 Å². The number of halogens is 2. The van der Waals surface area contributed by atoms with Gasteiger partial charge in [0.25, 0.3) is 0 Å². The molecule has 2 aliphatic heterocycles. The van der Waals surface area contributed by atoms with Crippen LogP contribution in [-0.2, 0) is 20.4 Å². The third-order valence-corrected chi connectivity index (χ3v) is 21.5. The maximum atomic E-state index is 12.7. The first-order valence-corrected chi connectivity index (χ1v) is 38.5. The Morgan fingerprint density at radius 2 is 0.900 bits per heavy atom. The van der Waals surface area contributed by atoms with Gasteiger partial charge in [-0.2, -0.15) is 4.58 Å². The minimum Gasteiger partial charge on any atom is -1.00 e. The molecule has 1 aliphatic carbocycles. The van der Waals surface area contributed by atoms with Crippen LogP contribution >= 0.6 is 11.6 Å². The molecule has 0 radical (unpaired) electrons. The van der Waals surface area contributed by atoms with E-state index in [1.54, 1.807) is 0 Å². The van der Waals surface area contributed by atoms with Crippen LogP contribution in [0.15, 0.2) is 87.8 Å². The van der Waals surface area contributed by atoms with E-state index in [0.29, 0.717) is 19.0 Å². The third kappa shape index (κ3) is 25.9. The van der Waals surface area contributed by atoms with Crippen molar-refractivity contribution in [2.24, 2.45) is 5.92 Å². The molecule has 2 aromatic rings. The largest absolute Gasteiger partial charge is 1.00 e. The summed E-state index contributed by atoms with van der Waals surface area (Å²) < 4.78 is 2.45. The van der Waals surface area contributed by atoms with Crippen molar-refractivity contribution in [2.45, 2.75) is 367 Å². The van der Waals surface area contributed by atoms with E-state index in [0.717, 1.165) is 92.6 Å². The highest BCUT2D eigenvalue weighted by atomic mass is 127. The Bertz CT molecular complexity index is 2450. The lowest BCUT2D eigenvalue weighted by atomic mass is 9.66. The van der Waals surface area contributed by atoms with Crippen LogP contribution in [0.4, 0.5) is 11.4 Å². The van der Waals surface area contributed by atoms with Crippen LogP contribution in [-0.4, -0.2) is 45.5 Å². The van der Waals surface area contributed by atoms with Crippen molar-refractivity contribution in [3.05, 3.63) is 98.9 Å². The zero-order valence-corrected chi connectivity index (χ0v) is 61.6. The molecule has 0 bridgehead atoms. The van der Waals surface area contributed by atoms with Crippen molar-refractivity contribution in [3.63, 3.8) is 0 Å². The number of para-hydroxylation sites is 2. The van der Waals surface area contributed by atoms with Crippen molar-refractivity contribution < 1.29 is 48.4 Å². The second kappa shape index (κ2) is 46.9. The second-order valence-corrected chi connectivity index (χ2v) is 28.5. The predicted octanol–water partition coefficient (Wildman–Crippen LogP) is 22.6. The first kappa shape index (κ1) is 79.3. The molecule has 0 spiro atoms. The molecule has 0 fully saturated rings. The van der Waals surface area contributed by atoms with Crippen LogP contribution in [0.2, 0.25) is 0 Å². The summed E-state index contributed by atoms with van der Waals surface area (Å²) in [7, 11) is 0. The van der Waals surface area contributed by atoms with E-state index in [9.17, 15) is 19.8 Å². The van der Waals surface area contributed by atoms with E-state index in [1.807, 2.05) is 0 Å². The van der Waals surface area contributed by atoms with Crippen LogP contribution in [0.5, 0.6) is 0 Å². The number of carboxylic acid groups (broad SMARTS) is 2. The molecular formula is C82H132ClIN2O4. The fourth-order valence-electron chi connectivity index (χ4n) is 15.8. The SMILES string of the molecule is CCCCCCCCCCCCC1(CCCCCCCCCCCC)C(=C=CC(C)=C2CC(CC)CC(C3=[N+](CCC(=O)O)c4ccccc4C3(CCCCCCCCCCCC)CCCCCCCCCCCC)=C2Cl)N(CCC(=O)O)c2ccccc21.[I-]. The molecule has 5 rings (SSSR count). The molecule has 2 N–H and O–H groups in total. The molecule has 3 aliphatic rings. The smallest absolute Gasteiger partial charge is 0.309 e. The highest BCUT2D eigenvalue weighted by Gasteiger charge is 2.54. The van der Waals surface area contributed by atoms with Crippen molar-refractivity contribution in [2.75, 3.05) is 18.0 Å². The van der Waals surface area contributed by atoms with Gasteiger partial charge in [0.15, 0.2) is 12.3 Å². The number of rotatable bonds is 53. The second-order valence-electron chi connectivity index (χ2n) is 28.1. The lowest BCUT2D eigenvalue weighted by Gasteiger charge is -2.34. The van der Waals surface area contributed by atoms with E-state index >= 15 is 0 Å². The fourth-order valence-corrected chi connectivity index (χ4v) is 16.2. The normalized spacial score (nSPS) is 16.4. The maximum absolute atomic E-state index is 12.7. The Hall–Kier alpha value is -3.13. The molecule has 2 aromatic carbocycles. The Kier molecular flexibility index (Phi) is 41.3. The van der Waals surface area contributed by atoms with Gasteiger partial charge in [-0.25, -0.2) is 0 Å². The van der Waals surface area contributed by atoms with Gasteiger partial charge < -0.3 is 39.1 Å². The Labute approximate surface area is 574 Å². The summed E-state index contributed by atoms with van der Waals surface area (Å²) in [4.78, 5) is 27.6. The number of nitrogens with zero attached hydrogens (tertiary/aromatic N) is 2. The summed E-state index contributed by atoms with van der Waals surface area (Å²) >= 11 is 8.24. The summed E-state index contributed by atoms with van der Waals surface area (Å²) in [6.07, 6.45) is 61.0. The molecule has 1 atom stereocenters. The summed E-state index contributed by atoms with van der Waals surface area (Å²) in [5, 5.41) is 21.6. The molecule has 1 unspecified atom stereocenters. The molecule has 0 aromatic heterocycles. The number of benzene rings is 2. The van der Waals surface area contributed by atoms with Crippen LogP contribution < -0.4 is 28.9 Å². The Morgan fingerprint density at radius 1 is 0.522 bits per heavy atom. The quantitative estimate of drug-likeness (QED) is 0.0299. The average molecular weight is 1370 g/mol. The first-order valence-electron chi connectivity index (χ1n) is 38.1. The summed E-state index contributed by atoms with van der Waals surface area (Å²) in [5.41, 5.74) is 14.6. The minimum absolute atomic E-state index is 0. The zero-order valence-electron chi connectivity index (χ0n) is 58.7. The monoisotopic (exact) mass is 1370 g/mol. The molecule has 508 valence electrons. The highest BCUT2D eigenvalue weighted by molar-refractivity contribution is 6.35. The molecule has 0 saturated carbocycles. The van der Waals surface area contributed by atoms with Crippen LogP contribution in [0.25, 0.3) is 0 Å². The molecule has 8 heteroatoms. The number of hydrogen-bond acceptors (Lipinski definition) is 3. The summed E-state index contributed by atoms with van der Waals surface area (Å²) in [6, 6.07) is 18.0. The number of aliphatic carboxylic acids is 2. The van der Waals surface area contributed by atoms with Crippen LogP contribution in [0, 0.1) is 5.92 Å². The Morgan fingerprint density at radius 3 is 1.31 bits per heavy atom. The van der Waals surface area contributed by atoms with Gasteiger partial charge in [-0.1, -0.05) is 352 Å². The fraction of sp³-hybridized carbons (Fsp3) is 0.732. The molecule has 90 heavy (non-hydrogen) atoms. The number of unbranched alkanes of at least 4 members (excludes halogenated alkanes) is 36. The molecule has 6 nitrogen and oxygen atoms in total. The highest BCUT2D eigenvalue weighted by Crippen LogP contribution is 2.55. The average Bonchev–Trinajstić information content (AvgIpc) is 1.60. The van der Waals surface area contributed by atoms with Gasteiger partial charge in [0.05, 0.1) is 22.6 Å². The number of allylic oxidation sites excluding steroid dienone is 5. The summed E-state index contributed by atoms with van der Waals surface area (Å²) in [5.74, 6) is -1.17. The van der Waals surface area contributed by atoms with Gasteiger partial charge in [-0.15, -0.1) is 0 Å². The van der Waals surface area contributed by atoms with E-state index in [-0.39, 0.29) is 47.6 Å². The molecule has 0 amide bonds. The number of fused-ring (bicyclic) bond motifs is 2. The third-order valence-electron chi connectivity index (χ3n) is 21.1. The van der Waals surface area contributed by atoms with Crippen LogP contribution in [0.1, 0.15) is 367 Å². The van der Waals surface area contributed by atoms with Gasteiger partial charge >= 0.3 is 11.9 Å². The molecule has 2 heterocycles. The number of carbonyl (C=O) groups is 2. The van der Waals surface area contributed by atoms with Gasteiger partial charge in [-0.05, 0) is 80.2 Å². The molecular weight excluding hydrogens is 1240 g/mol. The van der Waals surface area contributed by atoms with E-state index in [2.05, 4.69) is 111 Å². The predicted molar refractivity (Wildman–Crippen MR) is 384 cm³/mol. The standard InChI is InChI=1S/C82H131ClN2O4.HI/c1-7-12-16-20-24-28-32-36-40-48-60-81(61-49-41-37-33-29-25-21-17-13-8-2)72-52-44-46-54-74(72)84(64-58-77(86)87)76(81)57-56-68(6)70-66-69(11-5)67-71(79(70)83)80-82(62-50-42-38-34-30-26-22-18-14-9-3,63-51-43-39-35-31-27-23-19-15-10-4)73-53-45-47-55-75(73)85(80)65-59-78(88)89;/h44-47,52-56,69H,7-43,48-51,58-67H2,1-6H3,(H-,86,87,88,89);1H. The van der Waals surface area contributed by atoms with Gasteiger partial charge in [0, 0.05) is 34.9 Å². The number of anilines is 1. The lowest BCUT2D eigenvalue weighted by molar-refractivity contribution is -0.437. The van der Waals surface area contributed by atoms with Crippen molar-refractivity contribution in [3.8, 4) is 0 Å². The van der Waals surface area contributed by atoms with Gasteiger partial charge in [-0.3, -0.25) is 9.59 Å².